The number of carbonyl (C=O) groups excluding carboxylic acids is 1. The molecule has 2 atom stereocenters. The minimum atomic E-state index is -0.914. The predicted octanol–water partition coefficient (Wildman–Crippen LogP) is 5.10. The molecule has 2 aromatic rings. The van der Waals surface area contributed by atoms with Gasteiger partial charge in [-0.05, 0) is 39.7 Å². The fourth-order valence-corrected chi connectivity index (χ4v) is 3.96. The number of rotatable bonds is 3. The second-order valence-electron chi connectivity index (χ2n) is 9.05. The van der Waals surface area contributed by atoms with Crippen LogP contribution in [0.1, 0.15) is 85.1 Å². The third kappa shape index (κ3) is 3.44. The predicted molar refractivity (Wildman–Crippen MR) is 111 cm³/mol. The van der Waals surface area contributed by atoms with Gasteiger partial charge in [0, 0.05) is 12.6 Å². The van der Waals surface area contributed by atoms with Crippen molar-refractivity contribution in [1.29, 1.82) is 0 Å². The van der Waals surface area contributed by atoms with Crippen LogP contribution in [-0.4, -0.2) is 28.9 Å². The monoisotopic (exact) mass is 379 g/mol. The molecule has 148 valence electrons. The Bertz CT molecular complexity index is 906. The quantitative estimate of drug-likeness (QED) is 0.807. The number of nitrogens with zero attached hydrogens (tertiary/aromatic N) is 1. The number of hydrogen-bond donors (Lipinski definition) is 1. The number of likely N-dealkylation sites (N-methyl/N-ethyl adjacent to an activating group) is 1. The van der Waals surface area contributed by atoms with Gasteiger partial charge >= 0.3 is 5.97 Å². The van der Waals surface area contributed by atoms with Gasteiger partial charge in [-0.25, -0.2) is 0 Å². The van der Waals surface area contributed by atoms with Crippen LogP contribution in [0.25, 0.3) is 0 Å². The molecular weight excluding hydrogens is 350 g/mol. The van der Waals surface area contributed by atoms with E-state index in [0.717, 1.165) is 11.1 Å². The van der Waals surface area contributed by atoms with Gasteiger partial charge in [0.2, 0.25) is 0 Å². The van der Waals surface area contributed by atoms with Gasteiger partial charge in [0.1, 0.15) is 5.92 Å². The first-order valence-corrected chi connectivity index (χ1v) is 9.76. The zero-order valence-electron chi connectivity index (χ0n) is 17.5. The van der Waals surface area contributed by atoms with Crippen LogP contribution in [0.5, 0.6) is 0 Å². The van der Waals surface area contributed by atoms with Crippen molar-refractivity contribution < 1.29 is 14.7 Å². The van der Waals surface area contributed by atoms with E-state index in [9.17, 15) is 14.7 Å². The van der Waals surface area contributed by atoms with E-state index >= 15 is 0 Å². The molecule has 4 nitrogen and oxygen atoms in total. The lowest BCUT2D eigenvalue weighted by Crippen LogP contribution is -2.42. The van der Waals surface area contributed by atoms with E-state index in [-0.39, 0.29) is 17.2 Å². The lowest BCUT2D eigenvalue weighted by atomic mass is 9.78. The summed E-state index contributed by atoms with van der Waals surface area (Å²) in [4.78, 5) is 26.9. The fraction of sp³-hybridized carbons (Fsp3) is 0.417. The van der Waals surface area contributed by atoms with Gasteiger partial charge in [-0.3, -0.25) is 9.59 Å². The number of aliphatic carboxylic acids is 1. The Morgan fingerprint density at radius 1 is 1.07 bits per heavy atom. The molecule has 0 aliphatic carbocycles. The van der Waals surface area contributed by atoms with E-state index in [1.165, 1.54) is 5.56 Å². The average Bonchev–Trinajstić information content (AvgIpc) is 2.63. The molecule has 0 bridgehead atoms. The second kappa shape index (κ2) is 7.08. The van der Waals surface area contributed by atoms with Crippen molar-refractivity contribution in [2.75, 3.05) is 7.05 Å². The first-order valence-electron chi connectivity index (χ1n) is 9.76. The van der Waals surface area contributed by atoms with Gasteiger partial charge in [0.15, 0.2) is 0 Å². The normalized spacial score (nSPS) is 19.7. The first kappa shape index (κ1) is 20.1. The van der Waals surface area contributed by atoms with E-state index in [4.69, 9.17) is 0 Å². The third-order valence-corrected chi connectivity index (χ3v) is 5.75. The van der Waals surface area contributed by atoms with E-state index in [1.807, 2.05) is 42.5 Å². The molecule has 3 rings (SSSR count). The van der Waals surface area contributed by atoms with Gasteiger partial charge in [-0.2, -0.15) is 0 Å². The van der Waals surface area contributed by atoms with Gasteiger partial charge in [0.05, 0.1) is 6.04 Å². The molecule has 1 heterocycles. The minimum absolute atomic E-state index is 0.0128. The summed E-state index contributed by atoms with van der Waals surface area (Å²) in [5.41, 5.74) is 4.18. The van der Waals surface area contributed by atoms with Crippen molar-refractivity contribution in [3.8, 4) is 0 Å². The maximum absolute atomic E-state index is 13.1. The fourth-order valence-electron chi connectivity index (χ4n) is 3.96. The highest BCUT2D eigenvalue weighted by molar-refractivity contribution is 6.00. The van der Waals surface area contributed by atoms with E-state index in [2.05, 4.69) is 34.6 Å². The molecule has 1 amide bonds. The molecule has 0 fully saturated rings. The maximum Gasteiger partial charge on any atom is 0.313 e. The van der Waals surface area contributed by atoms with Crippen LogP contribution in [0, 0.1) is 0 Å². The molecule has 0 saturated carbocycles. The Morgan fingerprint density at radius 2 is 1.68 bits per heavy atom. The Morgan fingerprint density at radius 3 is 2.18 bits per heavy atom. The molecular formula is C24H29NO3. The number of amides is 1. The summed E-state index contributed by atoms with van der Waals surface area (Å²) in [6.45, 7) is 10.5. The Hall–Kier alpha value is -2.62. The summed E-state index contributed by atoms with van der Waals surface area (Å²) in [5, 5.41) is 10.0. The second-order valence-corrected chi connectivity index (χ2v) is 9.05. The van der Waals surface area contributed by atoms with E-state index < -0.39 is 17.9 Å². The van der Waals surface area contributed by atoms with Crippen LogP contribution in [0.2, 0.25) is 0 Å². The van der Waals surface area contributed by atoms with Gasteiger partial charge in [-0.15, -0.1) is 0 Å². The van der Waals surface area contributed by atoms with Crippen LogP contribution >= 0.6 is 0 Å². The Balaban J connectivity index is 2.12. The van der Waals surface area contributed by atoms with Gasteiger partial charge < -0.3 is 10.0 Å². The largest absolute Gasteiger partial charge is 0.481 e. The molecule has 0 spiro atoms. The molecule has 4 heteroatoms. The first-order chi connectivity index (χ1) is 13.0. The third-order valence-electron chi connectivity index (χ3n) is 5.75. The number of fused-ring (bicyclic) bond motifs is 1. The van der Waals surface area contributed by atoms with Crippen LogP contribution in [0.4, 0.5) is 0 Å². The standard InChI is InChI=1S/C24H29NO3/c1-14(2)16-9-12-18-19(13-16)22(26)25(6)21(20(18)23(27)28)15-7-10-17(11-8-15)24(3,4)5/h7-14,20-21H,1-6H3,(H,27,28). The molecule has 2 unspecified atom stereocenters. The summed E-state index contributed by atoms with van der Waals surface area (Å²) >= 11 is 0. The summed E-state index contributed by atoms with van der Waals surface area (Å²) in [7, 11) is 1.70. The van der Waals surface area contributed by atoms with Crippen molar-refractivity contribution in [3.63, 3.8) is 0 Å². The van der Waals surface area contributed by atoms with Crippen molar-refractivity contribution in [3.05, 3.63) is 70.3 Å². The van der Waals surface area contributed by atoms with Crippen LogP contribution in [0.15, 0.2) is 42.5 Å². The zero-order valence-corrected chi connectivity index (χ0v) is 17.5. The summed E-state index contributed by atoms with van der Waals surface area (Å²) in [6, 6.07) is 13.1. The molecule has 1 aliphatic rings. The molecule has 0 radical (unpaired) electrons. The number of carboxylic acid groups (broad SMARTS) is 1. The van der Waals surface area contributed by atoms with Crippen LogP contribution in [-0.2, 0) is 10.2 Å². The summed E-state index contributed by atoms with van der Waals surface area (Å²) in [5.74, 6) is -1.56. The molecule has 28 heavy (non-hydrogen) atoms. The molecule has 0 aromatic heterocycles. The van der Waals surface area contributed by atoms with Gasteiger partial charge in [-0.1, -0.05) is 71.0 Å². The van der Waals surface area contributed by atoms with Crippen molar-refractivity contribution in [2.45, 2.75) is 57.9 Å². The molecule has 0 saturated heterocycles. The van der Waals surface area contributed by atoms with Crippen LogP contribution < -0.4 is 0 Å². The highest BCUT2D eigenvalue weighted by Gasteiger charge is 2.43. The zero-order chi connectivity index (χ0) is 20.8. The maximum atomic E-state index is 13.1. The highest BCUT2D eigenvalue weighted by Crippen LogP contribution is 2.43. The smallest absolute Gasteiger partial charge is 0.313 e. The number of benzene rings is 2. The number of carboxylic acids is 1. The molecule has 1 N–H and O–H groups in total. The molecule has 2 aromatic carbocycles. The Labute approximate surface area is 167 Å². The van der Waals surface area contributed by atoms with Crippen molar-refractivity contribution in [1.82, 2.24) is 4.90 Å². The van der Waals surface area contributed by atoms with Crippen LogP contribution in [0.3, 0.4) is 0 Å². The summed E-state index contributed by atoms with van der Waals surface area (Å²) in [6.07, 6.45) is 0. The number of carbonyl (C=O) groups is 2. The topological polar surface area (TPSA) is 57.6 Å². The van der Waals surface area contributed by atoms with Gasteiger partial charge in [0.25, 0.3) is 5.91 Å². The van der Waals surface area contributed by atoms with E-state index in [1.54, 1.807) is 11.9 Å². The summed E-state index contributed by atoms with van der Waals surface area (Å²) < 4.78 is 0. The van der Waals surface area contributed by atoms with E-state index in [0.29, 0.717) is 11.1 Å². The lowest BCUT2D eigenvalue weighted by Gasteiger charge is -2.39. The van der Waals surface area contributed by atoms with Crippen molar-refractivity contribution in [2.24, 2.45) is 0 Å². The highest BCUT2D eigenvalue weighted by atomic mass is 16.4. The molecule has 1 aliphatic heterocycles. The Kier molecular flexibility index (Phi) is 5.09. The lowest BCUT2D eigenvalue weighted by molar-refractivity contribution is -0.140. The number of hydrogen-bond acceptors (Lipinski definition) is 2. The van der Waals surface area contributed by atoms with Crippen molar-refractivity contribution >= 4 is 11.9 Å². The minimum Gasteiger partial charge on any atom is -0.481 e. The SMILES string of the molecule is CC(C)c1ccc2c(c1)C(=O)N(C)C(c1ccc(C(C)(C)C)cc1)C2C(=O)O. The average molecular weight is 380 g/mol.